The van der Waals surface area contributed by atoms with E-state index in [4.69, 9.17) is 4.74 Å². The predicted molar refractivity (Wildman–Crippen MR) is 74.2 cm³/mol. The van der Waals surface area contributed by atoms with Crippen LogP contribution in [0.25, 0.3) is 0 Å². The van der Waals surface area contributed by atoms with Gasteiger partial charge in [0.05, 0.1) is 18.3 Å². The molecule has 1 aromatic rings. The Labute approximate surface area is 117 Å². The minimum atomic E-state index is -3.19. The maximum Gasteiger partial charge on any atom is 0.311 e. The number of sulfonamides is 1. The molecule has 0 saturated heterocycles. The Balaban J connectivity index is 2.53. The van der Waals surface area contributed by atoms with E-state index >= 15 is 0 Å². The number of nitrogens with one attached hydrogen (secondary N) is 2. The van der Waals surface area contributed by atoms with Crippen molar-refractivity contribution in [1.29, 1.82) is 0 Å². The molecule has 0 saturated carbocycles. The third-order valence-corrected chi connectivity index (χ3v) is 3.16. The van der Waals surface area contributed by atoms with Gasteiger partial charge < -0.3 is 10.1 Å². The van der Waals surface area contributed by atoms with Crippen molar-refractivity contribution in [2.24, 2.45) is 0 Å². The lowest BCUT2D eigenvalue weighted by molar-refractivity contribution is -0.385. The Hall–Kier alpha value is -1.71. The van der Waals surface area contributed by atoms with E-state index in [1.54, 1.807) is 6.07 Å². The van der Waals surface area contributed by atoms with E-state index in [-0.39, 0.29) is 18.0 Å². The summed E-state index contributed by atoms with van der Waals surface area (Å²) in [7, 11) is -1.82. The Morgan fingerprint density at radius 2 is 2.05 bits per heavy atom. The van der Waals surface area contributed by atoms with Crippen LogP contribution >= 0.6 is 0 Å². The molecule has 0 heterocycles. The van der Waals surface area contributed by atoms with Gasteiger partial charge in [-0.3, -0.25) is 10.1 Å². The first-order valence-corrected chi connectivity index (χ1v) is 7.69. The van der Waals surface area contributed by atoms with Crippen molar-refractivity contribution in [3.63, 3.8) is 0 Å². The van der Waals surface area contributed by atoms with Gasteiger partial charge in [0.15, 0.2) is 5.75 Å². The van der Waals surface area contributed by atoms with Gasteiger partial charge in [0.25, 0.3) is 0 Å². The third kappa shape index (κ3) is 5.51. The van der Waals surface area contributed by atoms with Crippen LogP contribution in [-0.4, -0.2) is 39.8 Å². The smallest absolute Gasteiger partial charge is 0.311 e. The highest BCUT2D eigenvalue weighted by Crippen LogP contribution is 2.27. The van der Waals surface area contributed by atoms with Crippen molar-refractivity contribution in [1.82, 2.24) is 10.0 Å². The van der Waals surface area contributed by atoms with Crippen LogP contribution in [0.4, 0.5) is 5.69 Å². The minimum Gasteiger partial charge on any atom is -0.490 e. The molecule has 1 aromatic carbocycles. The standard InChI is InChI=1S/C11H17N3O5S/c1-19-11-4-3-9(7-10(11)14(15)16)8-12-5-6-13-20(2,17)18/h3-4,7,12-13H,5-6,8H2,1-2H3. The topological polar surface area (TPSA) is 111 Å². The lowest BCUT2D eigenvalue weighted by Gasteiger charge is -2.07. The predicted octanol–water partition coefficient (Wildman–Crippen LogP) is 0.242. The normalized spacial score (nSPS) is 11.3. The molecule has 0 bridgehead atoms. The van der Waals surface area contributed by atoms with Crippen LogP contribution in [0.5, 0.6) is 5.75 Å². The van der Waals surface area contributed by atoms with Crippen LogP contribution in [-0.2, 0) is 16.6 Å². The molecule has 0 radical (unpaired) electrons. The Kier molecular flexibility index (Phi) is 5.86. The molecule has 0 unspecified atom stereocenters. The molecule has 0 aliphatic heterocycles. The number of nitrogens with zero attached hydrogens (tertiary/aromatic N) is 1. The fourth-order valence-electron chi connectivity index (χ4n) is 1.55. The third-order valence-electron chi connectivity index (χ3n) is 2.44. The summed E-state index contributed by atoms with van der Waals surface area (Å²) in [6, 6.07) is 4.67. The molecule has 20 heavy (non-hydrogen) atoms. The first kappa shape index (κ1) is 16.3. The van der Waals surface area contributed by atoms with Crippen LogP contribution in [0.1, 0.15) is 5.56 Å². The highest BCUT2D eigenvalue weighted by Gasteiger charge is 2.14. The molecule has 1 rings (SSSR count). The number of methoxy groups -OCH3 is 1. The maximum absolute atomic E-state index is 10.8. The van der Waals surface area contributed by atoms with Gasteiger partial charge in [0.2, 0.25) is 10.0 Å². The molecule has 2 N–H and O–H groups in total. The maximum atomic E-state index is 10.8. The summed E-state index contributed by atoms with van der Waals surface area (Å²) >= 11 is 0. The van der Waals surface area contributed by atoms with Gasteiger partial charge in [-0.05, 0) is 11.6 Å². The number of ether oxygens (including phenoxy) is 1. The van der Waals surface area contributed by atoms with E-state index < -0.39 is 14.9 Å². The highest BCUT2D eigenvalue weighted by molar-refractivity contribution is 7.88. The summed E-state index contributed by atoms with van der Waals surface area (Å²) in [5, 5.41) is 13.8. The molecule has 0 aromatic heterocycles. The molecule has 0 atom stereocenters. The average molecular weight is 303 g/mol. The zero-order valence-corrected chi connectivity index (χ0v) is 12.1. The van der Waals surface area contributed by atoms with Gasteiger partial charge in [-0.2, -0.15) is 0 Å². The fraction of sp³-hybridized carbons (Fsp3) is 0.455. The molecule has 0 aliphatic rings. The summed E-state index contributed by atoms with van der Waals surface area (Å²) in [4.78, 5) is 10.3. The summed E-state index contributed by atoms with van der Waals surface area (Å²) in [5.74, 6) is 0.206. The van der Waals surface area contributed by atoms with Gasteiger partial charge >= 0.3 is 5.69 Å². The highest BCUT2D eigenvalue weighted by atomic mass is 32.2. The van der Waals surface area contributed by atoms with Crippen LogP contribution in [0.2, 0.25) is 0 Å². The number of nitro groups is 1. The van der Waals surface area contributed by atoms with E-state index in [0.717, 1.165) is 11.8 Å². The molecular weight excluding hydrogens is 286 g/mol. The van der Waals surface area contributed by atoms with Crippen molar-refractivity contribution in [3.05, 3.63) is 33.9 Å². The number of rotatable bonds is 8. The van der Waals surface area contributed by atoms with Crippen LogP contribution in [0.15, 0.2) is 18.2 Å². The van der Waals surface area contributed by atoms with Crippen molar-refractivity contribution in [2.75, 3.05) is 26.5 Å². The lowest BCUT2D eigenvalue weighted by Crippen LogP contribution is -2.30. The van der Waals surface area contributed by atoms with Crippen LogP contribution in [0, 0.1) is 10.1 Å². The number of nitro benzene ring substituents is 1. The first-order valence-electron chi connectivity index (χ1n) is 5.80. The summed E-state index contributed by atoms with van der Waals surface area (Å²) in [6.07, 6.45) is 1.08. The summed E-state index contributed by atoms with van der Waals surface area (Å²) in [5.41, 5.74) is 0.623. The summed E-state index contributed by atoms with van der Waals surface area (Å²) in [6.45, 7) is 1.08. The molecule has 8 nitrogen and oxygen atoms in total. The molecule has 112 valence electrons. The SMILES string of the molecule is COc1ccc(CNCCNS(C)(=O)=O)cc1[N+](=O)[O-]. The first-order chi connectivity index (χ1) is 9.33. The van der Waals surface area contributed by atoms with E-state index in [9.17, 15) is 18.5 Å². The average Bonchev–Trinajstić information content (AvgIpc) is 2.36. The van der Waals surface area contributed by atoms with Gasteiger partial charge in [-0.1, -0.05) is 6.07 Å². The lowest BCUT2D eigenvalue weighted by atomic mass is 10.2. The molecule has 9 heteroatoms. The zero-order chi connectivity index (χ0) is 15.2. The Morgan fingerprint density at radius 3 is 2.60 bits per heavy atom. The molecule has 0 spiro atoms. The van der Waals surface area contributed by atoms with E-state index in [2.05, 4.69) is 10.0 Å². The van der Waals surface area contributed by atoms with Crippen LogP contribution in [0.3, 0.4) is 0 Å². The van der Waals surface area contributed by atoms with Crippen LogP contribution < -0.4 is 14.8 Å². The zero-order valence-electron chi connectivity index (χ0n) is 11.3. The van der Waals surface area contributed by atoms with E-state index in [0.29, 0.717) is 13.1 Å². The number of benzene rings is 1. The second kappa shape index (κ2) is 7.17. The van der Waals surface area contributed by atoms with E-state index in [1.807, 2.05) is 0 Å². The van der Waals surface area contributed by atoms with Crippen molar-refractivity contribution < 1.29 is 18.1 Å². The number of hydrogen-bond acceptors (Lipinski definition) is 6. The van der Waals surface area contributed by atoms with Crippen molar-refractivity contribution in [3.8, 4) is 5.75 Å². The molecular formula is C11H17N3O5S. The van der Waals surface area contributed by atoms with Gasteiger partial charge in [-0.25, -0.2) is 13.1 Å². The number of hydrogen-bond donors (Lipinski definition) is 2. The van der Waals surface area contributed by atoms with Gasteiger partial charge in [0, 0.05) is 25.7 Å². The van der Waals surface area contributed by atoms with Crippen molar-refractivity contribution >= 4 is 15.7 Å². The Bertz CT molecular complexity index is 573. The second-order valence-corrected chi connectivity index (χ2v) is 5.94. The summed E-state index contributed by atoms with van der Waals surface area (Å²) < 4.78 is 28.9. The van der Waals surface area contributed by atoms with Crippen molar-refractivity contribution in [2.45, 2.75) is 6.54 Å². The monoisotopic (exact) mass is 303 g/mol. The second-order valence-electron chi connectivity index (χ2n) is 4.11. The minimum absolute atomic E-state index is 0.0962. The van der Waals surface area contributed by atoms with E-state index in [1.165, 1.54) is 19.2 Å². The Morgan fingerprint density at radius 1 is 1.35 bits per heavy atom. The molecule has 0 fully saturated rings. The molecule has 0 aliphatic carbocycles. The molecule has 0 amide bonds. The van der Waals surface area contributed by atoms with Gasteiger partial charge in [0.1, 0.15) is 0 Å². The largest absolute Gasteiger partial charge is 0.490 e. The van der Waals surface area contributed by atoms with Gasteiger partial charge in [-0.15, -0.1) is 0 Å². The quantitative estimate of drug-likeness (QED) is 0.404. The fourth-order valence-corrected chi connectivity index (χ4v) is 2.02.